The van der Waals surface area contributed by atoms with Gasteiger partial charge in [-0.1, -0.05) is 13.3 Å². The van der Waals surface area contributed by atoms with Gasteiger partial charge in [0, 0.05) is 23.3 Å². The third-order valence-corrected chi connectivity index (χ3v) is 5.02. The molecule has 0 aromatic heterocycles. The molecule has 2 aliphatic rings. The molecule has 1 aliphatic carbocycles. The second-order valence-corrected chi connectivity index (χ2v) is 6.42. The summed E-state index contributed by atoms with van der Waals surface area (Å²) in [6.07, 6.45) is 6.46. The van der Waals surface area contributed by atoms with Gasteiger partial charge in [-0.2, -0.15) is 11.8 Å². The molecule has 0 radical (unpaired) electrons. The van der Waals surface area contributed by atoms with Gasteiger partial charge in [0.15, 0.2) is 0 Å². The second kappa shape index (κ2) is 4.03. The van der Waals surface area contributed by atoms with Crippen molar-refractivity contribution in [3.63, 3.8) is 0 Å². The Morgan fingerprint density at radius 3 is 2.36 bits per heavy atom. The van der Waals surface area contributed by atoms with E-state index in [4.69, 9.17) is 4.74 Å². The maximum absolute atomic E-state index is 5.24. The van der Waals surface area contributed by atoms with Crippen LogP contribution in [0, 0.1) is 5.41 Å². The monoisotopic (exact) mass is 215 g/mol. The van der Waals surface area contributed by atoms with Crippen LogP contribution in [0.5, 0.6) is 0 Å². The maximum atomic E-state index is 5.24. The quantitative estimate of drug-likeness (QED) is 0.757. The van der Waals surface area contributed by atoms with Gasteiger partial charge in [0.2, 0.25) is 0 Å². The van der Waals surface area contributed by atoms with Crippen molar-refractivity contribution >= 4 is 11.8 Å². The van der Waals surface area contributed by atoms with Crippen LogP contribution in [-0.2, 0) is 4.74 Å². The van der Waals surface area contributed by atoms with Crippen LogP contribution in [0.25, 0.3) is 0 Å². The Morgan fingerprint density at radius 2 is 2.00 bits per heavy atom. The average molecular weight is 215 g/mol. The van der Waals surface area contributed by atoms with Gasteiger partial charge < -0.3 is 10.1 Å². The fraction of sp³-hybridized carbons (Fsp3) is 1.00. The van der Waals surface area contributed by atoms with Crippen LogP contribution < -0.4 is 5.32 Å². The number of nitrogens with one attached hydrogen (secondary N) is 1. The zero-order chi connectivity index (χ0) is 10.1. The molecular formula is C11H21NOS. The maximum Gasteiger partial charge on any atom is 0.0554 e. The van der Waals surface area contributed by atoms with E-state index in [0.717, 1.165) is 19.8 Å². The number of hydrogen-bond donors (Lipinski definition) is 1. The van der Waals surface area contributed by atoms with Gasteiger partial charge in [-0.25, -0.2) is 0 Å². The van der Waals surface area contributed by atoms with Gasteiger partial charge in [-0.15, -0.1) is 0 Å². The first-order chi connectivity index (χ1) is 6.68. The molecular weight excluding hydrogens is 194 g/mol. The smallest absolute Gasteiger partial charge is 0.0554 e. The Bertz CT molecular complexity index is 194. The molecule has 1 N–H and O–H groups in total. The largest absolute Gasteiger partial charge is 0.380 e. The zero-order valence-corrected chi connectivity index (χ0v) is 10.1. The fourth-order valence-electron chi connectivity index (χ4n) is 2.17. The second-order valence-electron chi connectivity index (χ2n) is 5.15. The molecule has 1 heterocycles. The van der Waals surface area contributed by atoms with Crippen molar-refractivity contribution in [3.8, 4) is 0 Å². The van der Waals surface area contributed by atoms with Crippen LogP contribution in [0.3, 0.4) is 0 Å². The minimum Gasteiger partial charge on any atom is -0.380 e. The molecule has 0 atom stereocenters. The minimum atomic E-state index is 0.420. The van der Waals surface area contributed by atoms with E-state index >= 15 is 0 Å². The van der Waals surface area contributed by atoms with E-state index in [9.17, 15) is 0 Å². The van der Waals surface area contributed by atoms with Gasteiger partial charge in [0.1, 0.15) is 0 Å². The predicted octanol–water partition coefficient (Wildman–Crippen LogP) is 1.90. The van der Waals surface area contributed by atoms with Gasteiger partial charge in [-0.05, 0) is 19.1 Å². The summed E-state index contributed by atoms with van der Waals surface area (Å²) in [4.78, 5) is 0. The van der Waals surface area contributed by atoms with Crippen LogP contribution in [0.2, 0.25) is 0 Å². The first kappa shape index (κ1) is 10.8. The van der Waals surface area contributed by atoms with E-state index in [1.165, 1.54) is 25.8 Å². The summed E-state index contributed by atoms with van der Waals surface area (Å²) in [5.74, 6) is 0. The number of thioether (sulfide) groups is 1. The van der Waals surface area contributed by atoms with Crippen molar-refractivity contribution in [1.82, 2.24) is 5.32 Å². The van der Waals surface area contributed by atoms with E-state index in [1.807, 2.05) is 11.8 Å². The highest BCUT2D eigenvalue weighted by Gasteiger charge is 2.37. The molecule has 2 rings (SSSR count). The summed E-state index contributed by atoms with van der Waals surface area (Å²) in [6.45, 7) is 6.48. The molecule has 3 heteroatoms. The number of rotatable bonds is 5. The molecule has 0 aromatic rings. The summed E-state index contributed by atoms with van der Waals surface area (Å²) in [7, 11) is 0. The van der Waals surface area contributed by atoms with E-state index in [2.05, 4.69) is 18.5 Å². The summed E-state index contributed by atoms with van der Waals surface area (Å²) < 4.78 is 5.81. The highest BCUT2D eigenvalue weighted by molar-refractivity contribution is 8.00. The molecule has 0 aromatic carbocycles. The molecule has 0 amide bonds. The first-order valence-electron chi connectivity index (χ1n) is 5.52. The highest BCUT2D eigenvalue weighted by Crippen LogP contribution is 2.42. The standard InChI is InChI=1S/C11H21NOS/c1-10(8-13-9-10)6-12-7-11(14-2)4-3-5-11/h12H,3-9H2,1-2H3. The van der Waals surface area contributed by atoms with Crippen molar-refractivity contribution < 1.29 is 4.74 Å². The molecule has 0 spiro atoms. The predicted molar refractivity (Wildman–Crippen MR) is 61.9 cm³/mol. The van der Waals surface area contributed by atoms with Gasteiger partial charge in [0.25, 0.3) is 0 Å². The molecule has 1 aliphatic heterocycles. The van der Waals surface area contributed by atoms with E-state index < -0.39 is 0 Å². The Hall–Kier alpha value is 0.270. The van der Waals surface area contributed by atoms with Crippen LogP contribution in [0.15, 0.2) is 0 Å². The lowest BCUT2D eigenvalue weighted by atomic mass is 9.83. The van der Waals surface area contributed by atoms with Crippen molar-refractivity contribution in [2.45, 2.75) is 30.9 Å². The summed E-state index contributed by atoms with van der Waals surface area (Å²) >= 11 is 2.04. The molecule has 0 unspecified atom stereocenters. The number of hydrogen-bond acceptors (Lipinski definition) is 3. The lowest BCUT2D eigenvalue weighted by Gasteiger charge is -2.43. The average Bonchev–Trinajstić information content (AvgIpc) is 2.07. The normalized spacial score (nSPS) is 27.9. The summed E-state index contributed by atoms with van der Waals surface area (Å²) in [5.41, 5.74) is 0.420. The molecule has 0 bridgehead atoms. The zero-order valence-electron chi connectivity index (χ0n) is 9.27. The molecule has 1 saturated heterocycles. The van der Waals surface area contributed by atoms with Crippen LogP contribution >= 0.6 is 11.8 Å². The van der Waals surface area contributed by atoms with Crippen molar-refractivity contribution in [2.75, 3.05) is 32.6 Å². The van der Waals surface area contributed by atoms with E-state index in [1.54, 1.807) is 0 Å². The lowest BCUT2D eigenvalue weighted by Crippen LogP contribution is -2.51. The van der Waals surface area contributed by atoms with Gasteiger partial charge >= 0.3 is 0 Å². The van der Waals surface area contributed by atoms with Crippen LogP contribution in [-0.4, -0.2) is 37.3 Å². The van der Waals surface area contributed by atoms with Crippen molar-refractivity contribution in [2.24, 2.45) is 5.41 Å². The molecule has 2 nitrogen and oxygen atoms in total. The third-order valence-electron chi connectivity index (χ3n) is 3.60. The minimum absolute atomic E-state index is 0.420. The summed E-state index contributed by atoms with van der Waals surface area (Å²) in [6, 6.07) is 0. The Kier molecular flexibility index (Phi) is 3.10. The SMILES string of the molecule is CSC1(CNCC2(C)COC2)CCC1. The molecule has 14 heavy (non-hydrogen) atoms. The van der Waals surface area contributed by atoms with Crippen molar-refractivity contribution in [1.29, 1.82) is 0 Å². The molecule has 1 saturated carbocycles. The fourth-order valence-corrected chi connectivity index (χ4v) is 3.11. The molecule has 2 fully saturated rings. The third kappa shape index (κ3) is 2.10. The molecule has 82 valence electrons. The first-order valence-corrected chi connectivity index (χ1v) is 6.74. The highest BCUT2D eigenvalue weighted by atomic mass is 32.2. The number of ether oxygens (including phenoxy) is 1. The Labute approximate surface area is 91.2 Å². The van der Waals surface area contributed by atoms with Gasteiger partial charge in [-0.3, -0.25) is 0 Å². The van der Waals surface area contributed by atoms with Crippen LogP contribution in [0.1, 0.15) is 26.2 Å². The Balaban J connectivity index is 1.66. The van der Waals surface area contributed by atoms with Crippen molar-refractivity contribution in [3.05, 3.63) is 0 Å². The lowest BCUT2D eigenvalue weighted by molar-refractivity contribution is -0.0992. The van der Waals surface area contributed by atoms with E-state index in [-0.39, 0.29) is 0 Å². The van der Waals surface area contributed by atoms with E-state index in [0.29, 0.717) is 10.2 Å². The topological polar surface area (TPSA) is 21.3 Å². The Morgan fingerprint density at radius 1 is 1.29 bits per heavy atom. The summed E-state index contributed by atoms with van der Waals surface area (Å²) in [5, 5.41) is 3.62. The van der Waals surface area contributed by atoms with Crippen LogP contribution in [0.4, 0.5) is 0 Å². The van der Waals surface area contributed by atoms with Gasteiger partial charge in [0.05, 0.1) is 13.2 Å².